The smallest absolute Gasteiger partial charge is 0.270 e. The molecule has 5 rings (SSSR count). The number of aromatic nitrogens is 1. The highest BCUT2D eigenvalue weighted by Gasteiger charge is 2.25. The highest BCUT2D eigenvalue weighted by molar-refractivity contribution is 6.06. The standard InChI is InChI=1S/C25H24N4O2/c30-24(18-6-2-1-3-7-18)17-28-12-14-29(15-13-28)25(31)22-11-10-21(27-22)23-16-19-8-4-5-9-20(19)26-23/h1-11,27H,12-17H2. The number of aromatic amines is 1. The van der Waals surface area contributed by atoms with Gasteiger partial charge in [0.25, 0.3) is 5.91 Å². The van der Waals surface area contributed by atoms with Gasteiger partial charge in [-0.05, 0) is 23.8 Å². The van der Waals surface area contributed by atoms with Gasteiger partial charge in [0.05, 0.1) is 23.6 Å². The Hall–Kier alpha value is -3.51. The van der Waals surface area contributed by atoms with Crippen molar-refractivity contribution in [3.8, 4) is 0 Å². The third kappa shape index (κ3) is 4.07. The maximum atomic E-state index is 13.0. The van der Waals surface area contributed by atoms with Crippen LogP contribution in [-0.2, 0) is 6.42 Å². The van der Waals surface area contributed by atoms with E-state index in [1.54, 1.807) is 0 Å². The summed E-state index contributed by atoms with van der Waals surface area (Å²) in [5.41, 5.74) is 5.39. The molecule has 0 unspecified atom stereocenters. The molecule has 2 aromatic carbocycles. The number of hydrogen-bond donors (Lipinski definition) is 1. The van der Waals surface area contributed by atoms with Crippen LogP contribution in [0.5, 0.6) is 0 Å². The fourth-order valence-electron chi connectivity index (χ4n) is 4.18. The molecule has 0 saturated carbocycles. The molecule has 31 heavy (non-hydrogen) atoms. The van der Waals surface area contributed by atoms with Crippen LogP contribution in [0.25, 0.3) is 0 Å². The van der Waals surface area contributed by atoms with Gasteiger partial charge in [-0.1, -0.05) is 48.5 Å². The Balaban J connectivity index is 1.18. The lowest BCUT2D eigenvalue weighted by Crippen LogP contribution is -2.50. The minimum atomic E-state index is -0.00334. The first-order valence-corrected chi connectivity index (χ1v) is 10.6. The van der Waals surface area contributed by atoms with E-state index >= 15 is 0 Å². The van der Waals surface area contributed by atoms with E-state index in [-0.39, 0.29) is 11.7 Å². The first kappa shape index (κ1) is 19.5. The highest BCUT2D eigenvalue weighted by atomic mass is 16.2. The van der Waals surface area contributed by atoms with Gasteiger partial charge in [0.1, 0.15) is 5.69 Å². The van der Waals surface area contributed by atoms with E-state index in [4.69, 9.17) is 4.99 Å². The van der Waals surface area contributed by atoms with E-state index in [0.29, 0.717) is 38.4 Å². The molecule has 1 amide bonds. The van der Waals surface area contributed by atoms with Gasteiger partial charge in [-0.2, -0.15) is 0 Å². The fourth-order valence-corrected chi connectivity index (χ4v) is 4.18. The summed E-state index contributed by atoms with van der Waals surface area (Å²) in [4.78, 5) is 37.3. The molecule has 2 aliphatic rings. The molecule has 0 spiro atoms. The number of piperazine rings is 1. The number of rotatable bonds is 5. The van der Waals surface area contributed by atoms with E-state index in [1.165, 1.54) is 5.56 Å². The second kappa shape index (κ2) is 8.32. The maximum Gasteiger partial charge on any atom is 0.270 e. The molecule has 2 aliphatic heterocycles. The van der Waals surface area contributed by atoms with Crippen LogP contribution in [0, 0.1) is 0 Å². The number of nitrogens with one attached hydrogen (secondary N) is 1. The summed E-state index contributed by atoms with van der Waals surface area (Å²) in [6, 6.07) is 21.2. The molecular formula is C25H24N4O2. The molecule has 3 aromatic rings. The topological polar surface area (TPSA) is 68.8 Å². The number of benzene rings is 2. The van der Waals surface area contributed by atoms with Crippen molar-refractivity contribution in [1.29, 1.82) is 0 Å². The van der Waals surface area contributed by atoms with Crippen molar-refractivity contribution < 1.29 is 9.59 Å². The average molecular weight is 412 g/mol. The second-order valence-corrected chi connectivity index (χ2v) is 8.01. The van der Waals surface area contributed by atoms with Gasteiger partial charge in [-0.3, -0.25) is 19.5 Å². The summed E-state index contributed by atoms with van der Waals surface area (Å²) in [7, 11) is 0. The van der Waals surface area contributed by atoms with Crippen LogP contribution in [0.4, 0.5) is 5.69 Å². The Bertz CT molecular complexity index is 1140. The SMILES string of the molecule is O=C(CN1CCN(C(=O)c2ccc(C3=Nc4ccccc4C3)[nH]2)CC1)c1ccccc1. The van der Waals surface area contributed by atoms with E-state index in [9.17, 15) is 9.59 Å². The fraction of sp³-hybridized carbons (Fsp3) is 0.240. The Morgan fingerprint density at radius 1 is 0.871 bits per heavy atom. The van der Waals surface area contributed by atoms with Crippen LogP contribution in [0.3, 0.4) is 0 Å². The largest absolute Gasteiger partial charge is 0.350 e. The van der Waals surface area contributed by atoms with Crippen LogP contribution < -0.4 is 0 Å². The van der Waals surface area contributed by atoms with Crippen LogP contribution in [0.1, 0.15) is 32.1 Å². The van der Waals surface area contributed by atoms with E-state index in [0.717, 1.165) is 29.1 Å². The zero-order valence-electron chi connectivity index (χ0n) is 17.3. The zero-order valence-corrected chi connectivity index (χ0v) is 17.3. The molecule has 6 heteroatoms. The van der Waals surface area contributed by atoms with Gasteiger partial charge in [0, 0.05) is 38.2 Å². The number of nitrogens with zero attached hydrogens (tertiary/aromatic N) is 3. The summed E-state index contributed by atoms with van der Waals surface area (Å²) >= 11 is 0. The van der Waals surface area contributed by atoms with Crippen molar-refractivity contribution in [2.24, 2.45) is 4.99 Å². The van der Waals surface area contributed by atoms with Crippen molar-refractivity contribution in [2.75, 3.05) is 32.7 Å². The van der Waals surface area contributed by atoms with Crippen molar-refractivity contribution in [3.63, 3.8) is 0 Å². The molecule has 1 saturated heterocycles. The zero-order chi connectivity index (χ0) is 21.2. The van der Waals surface area contributed by atoms with Crippen molar-refractivity contribution in [3.05, 3.63) is 89.2 Å². The molecule has 6 nitrogen and oxygen atoms in total. The minimum absolute atomic E-state index is 0.00334. The monoisotopic (exact) mass is 412 g/mol. The number of carbonyl (C=O) groups is 2. The summed E-state index contributed by atoms with van der Waals surface area (Å²) in [6.07, 6.45) is 0.776. The molecule has 0 bridgehead atoms. The van der Waals surface area contributed by atoms with Gasteiger partial charge in [0.15, 0.2) is 5.78 Å². The van der Waals surface area contributed by atoms with E-state index in [1.807, 2.05) is 65.6 Å². The number of carbonyl (C=O) groups excluding carboxylic acids is 2. The quantitative estimate of drug-likeness (QED) is 0.654. The predicted molar refractivity (Wildman–Crippen MR) is 120 cm³/mol. The number of hydrogen-bond acceptors (Lipinski definition) is 4. The highest BCUT2D eigenvalue weighted by Crippen LogP contribution is 2.28. The molecule has 0 radical (unpaired) electrons. The van der Waals surface area contributed by atoms with Crippen LogP contribution in [0.2, 0.25) is 0 Å². The molecular weight excluding hydrogens is 388 g/mol. The Labute approximate surface area is 181 Å². The van der Waals surface area contributed by atoms with Gasteiger partial charge < -0.3 is 9.88 Å². The number of fused-ring (bicyclic) bond motifs is 1. The summed E-state index contributed by atoms with van der Waals surface area (Å²) in [6.45, 7) is 3.00. The molecule has 156 valence electrons. The minimum Gasteiger partial charge on any atom is -0.350 e. The first-order valence-electron chi connectivity index (χ1n) is 10.6. The van der Waals surface area contributed by atoms with Crippen LogP contribution in [-0.4, -0.2) is 64.9 Å². The molecule has 0 aliphatic carbocycles. The van der Waals surface area contributed by atoms with Crippen molar-refractivity contribution in [1.82, 2.24) is 14.8 Å². The third-order valence-electron chi connectivity index (χ3n) is 5.95. The lowest BCUT2D eigenvalue weighted by molar-refractivity contribution is 0.0619. The van der Waals surface area contributed by atoms with Gasteiger partial charge in [-0.25, -0.2) is 0 Å². The Kier molecular flexibility index (Phi) is 5.22. The lowest BCUT2D eigenvalue weighted by Gasteiger charge is -2.34. The predicted octanol–water partition coefficient (Wildman–Crippen LogP) is 3.33. The normalized spacial score (nSPS) is 16.1. The number of ketones is 1. The van der Waals surface area contributed by atoms with Crippen LogP contribution >= 0.6 is 0 Å². The number of aliphatic imine (C=N–C) groups is 1. The molecule has 0 atom stereocenters. The third-order valence-corrected chi connectivity index (χ3v) is 5.95. The summed E-state index contributed by atoms with van der Waals surface area (Å²) in [5, 5.41) is 0. The number of para-hydroxylation sites is 1. The Morgan fingerprint density at radius 3 is 2.39 bits per heavy atom. The van der Waals surface area contributed by atoms with Crippen LogP contribution in [0.15, 0.2) is 71.7 Å². The van der Waals surface area contributed by atoms with E-state index < -0.39 is 0 Å². The number of amides is 1. The summed E-state index contributed by atoms with van der Waals surface area (Å²) in [5.74, 6) is 0.115. The number of Topliss-reactive ketones (excluding diaryl/α,β-unsaturated/α-hetero) is 1. The van der Waals surface area contributed by atoms with Crippen molar-refractivity contribution >= 4 is 23.1 Å². The molecule has 1 fully saturated rings. The van der Waals surface area contributed by atoms with E-state index in [2.05, 4.69) is 16.0 Å². The molecule has 3 heterocycles. The maximum absolute atomic E-state index is 13.0. The van der Waals surface area contributed by atoms with Crippen molar-refractivity contribution in [2.45, 2.75) is 6.42 Å². The lowest BCUT2D eigenvalue weighted by atomic mass is 10.1. The average Bonchev–Trinajstić information content (AvgIpc) is 3.47. The summed E-state index contributed by atoms with van der Waals surface area (Å²) < 4.78 is 0. The molecule has 1 aromatic heterocycles. The van der Waals surface area contributed by atoms with Gasteiger partial charge in [-0.15, -0.1) is 0 Å². The Morgan fingerprint density at radius 2 is 1.61 bits per heavy atom. The number of H-pyrrole nitrogens is 1. The van der Waals surface area contributed by atoms with Gasteiger partial charge in [0.2, 0.25) is 0 Å². The van der Waals surface area contributed by atoms with Gasteiger partial charge >= 0.3 is 0 Å². The second-order valence-electron chi connectivity index (χ2n) is 8.01. The first-order chi connectivity index (χ1) is 15.2. The molecule has 1 N–H and O–H groups in total.